The van der Waals surface area contributed by atoms with Crippen molar-refractivity contribution in [1.29, 1.82) is 0 Å². The second-order valence-corrected chi connectivity index (χ2v) is 2.85. The number of benzene rings is 1. The van der Waals surface area contributed by atoms with E-state index in [1.165, 1.54) is 0 Å². The van der Waals surface area contributed by atoms with Crippen LogP contribution >= 0.6 is 11.6 Å². The van der Waals surface area contributed by atoms with Crippen LogP contribution in [-0.2, 0) is 0 Å². The van der Waals surface area contributed by atoms with Crippen molar-refractivity contribution in [2.75, 3.05) is 0 Å². The maximum absolute atomic E-state index is 9.16. The smallest absolute Gasteiger partial charge is 0.116 e. The Bertz CT molecular complexity index is 295. The van der Waals surface area contributed by atoms with Crippen molar-refractivity contribution in [2.24, 2.45) is 0 Å². The summed E-state index contributed by atoms with van der Waals surface area (Å²) in [5.74, 6) is 0.00685. The number of aliphatic hydroxyl groups is 1. The van der Waals surface area contributed by atoms with Crippen molar-refractivity contribution in [3.63, 3.8) is 0 Å². The molecule has 1 aromatic carbocycles. The number of halogens is 1. The standard InChI is InChI=1S/C10H9ClO/c1-7(11)9-5-3-4-6-10(9)8(2)12/h3-6,12H,1-2H2. The lowest BCUT2D eigenvalue weighted by Gasteiger charge is -2.04. The van der Waals surface area contributed by atoms with Gasteiger partial charge in [0.05, 0.1) is 0 Å². The predicted octanol–water partition coefficient (Wildman–Crippen LogP) is 3.42. The maximum Gasteiger partial charge on any atom is 0.116 e. The van der Waals surface area contributed by atoms with Crippen LogP contribution in [0.1, 0.15) is 11.1 Å². The molecular formula is C10H9ClO. The molecule has 0 aromatic heterocycles. The summed E-state index contributed by atoms with van der Waals surface area (Å²) in [4.78, 5) is 0. The van der Waals surface area contributed by atoms with E-state index in [2.05, 4.69) is 13.2 Å². The van der Waals surface area contributed by atoms with Crippen LogP contribution in [0.15, 0.2) is 37.4 Å². The van der Waals surface area contributed by atoms with E-state index in [1.807, 2.05) is 6.07 Å². The molecule has 0 atom stereocenters. The zero-order chi connectivity index (χ0) is 9.14. The van der Waals surface area contributed by atoms with E-state index in [1.54, 1.807) is 18.2 Å². The normalized spacial score (nSPS) is 9.42. The number of rotatable bonds is 2. The summed E-state index contributed by atoms with van der Waals surface area (Å²) in [6, 6.07) is 7.16. The Hall–Kier alpha value is -1.21. The van der Waals surface area contributed by atoms with Crippen LogP contribution in [0.5, 0.6) is 0 Å². The second kappa shape index (κ2) is 3.46. The summed E-state index contributed by atoms with van der Waals surface area (Å²) in [6.07, 6.45) is 0. The third kappa shape index (κ3) is 1.69. The van der Waals surface area contributed by atoms with Gasteiger partial charge >= 0.3 is 0 Å². The van der Waals surface area contributed by atoms with Gasteiger partial charge in [-0.1, -0.05) is 49.0 Å². The average Bonchev–Trinajstić information content (AvgIpc) is 2.04. The van der Waals surface area contributed by atoms with E-state index in [4.69, 9.17) is 16.7 Å². The fourth-order valence-corrected chi connectivity index (χ4v) is 1.14. The highest BCUT2D eigenvalue weighted by Gasteiger charge is 2.04. The lowest BCUT2D eigenvalue weighted by Crippen LogP contribution is -1.87. The first-order valence-electron chi connectivity index (χ1n) is 3.45. The van der Waals surface area contributed by atoms with Crippen molar-refractivity contribution in [3.05, 3.63) is 48.6 Å². The van der Waals surface area contributed by atoms with Crippen molar-refractivity contribution >= 4 is 22.4 Å². The first kappa shape index (κ1) is 8.88. The van der Waals surface area contributed by atoms with Gasteiger partial charge in [-0.2, -0.15) is 0 Å². The molecule has 0 amide bonds. The van der Waals surface area contributed by atoms with Gasteiger partial charge in [0.1, 0.15) is 5.76 Å². The van der Waals surface area contributed by atoms with Crippen molar-refractivity contribution < 1.29 is 5.11 Å². The second-order valence-electron chi connectivity index (χ2n) is 2.40. The van der Waals surface area contributed by atoms with Crippen LogP contribution in [0.2, 0.25) is 0 Å². The summed E-state index contributed by atoms with van der Waals surface area (Å²) in [5.41, 5.74) is 1.34. The van der Waals surface area contributed by atoms with E-state index in [-0.39, 0.29) is 5.76 Å². The molecule has 0 fully saturated rings. The van der Waals surface area contributed by atoms with Gasteiger partial charge in [-0.15, -0.1) is 0 Å². The van der Waals surface area contributed by atoms with Crippen LogP contribution in [0, 0.1) is 0 Å². The zero-order valence-corrected chi connectivity index (χ0v) is 7.30. The van der Waals surface area contributed by atoms with E-state index in [0.29, 0.717) is 16.2 Å². The van der Waals surface area contributed by atoms with Crippen LogP contribution in [0.4, 0.5) is 0 Å². The first-order valence-corrected chi connectivity index (χ1v) is 3.83. The molecule has 0 unspecified atom stereocenters. The van der Waals surface area contributed by atoms with Gasteiger partial charge in [-0.05, 0) is 0 Å². The monoisotopic (exact) mass is 180 g/mol. The topological polar surface area (TPSA) is 20.2 Å². The average molecular weight is 181 g/mol. The molecule has 12 heavy (non-hydrogen) atoms. The molecule has 62 valence electrons. The Morgan fingerprint density at radius 2 is 1.67 bits per heavy atom. The molecule has 0 aliphatic rings. The largest absolute Gasteiger partial charge is 0.508 e. The van der Waals surface area contributed by atoms with E-state index < -0.39 is 0 Å². The van der Waals surface area contributed by atoms with Gasteiger partial charge in [-0.25, -0.2) is 0 Å². The Morgan fingerprint density at radius 3 is 2.00 bits per heavy atom. The SMILES string of the molecule is C=C(O)c1ccccc1C(=C)Cl. The van der Waals surface area contributed by atoms with Gasteiger partial charge in [0.15, 0.2) is 0 Å². The molecule has 0 spiro atoms. The molecule has 0 radical (unpaired) electrons. The van der Waals surface area contributed by atoms with E-state index >= 15 is 0 Å². The predicted molar refractivity (Wildman–Crippen MR) is 53.0 cm³/mol. The molecule has 1 nitrogen and oxygen atoms in total. The summed E-state index contributed by atoms with van der Waals surface area (Å²) in [5, 5.41) is 9.56. The van der Waals surface area contributed by atoms with Crippen molar-refractivity contribution in [1.82, 2.24) is 0 Å². The third-order valence-electron chi connectivity index (χ3n) is 1.53. The number of hydrogen-bond donors (Lipinski definition) is 1. The lowest BCUT2D eigenvalue weighted by molar-refractivity contribution is 0.513. The van der Waals surface area contributed by atoms with E-state index in [0.717, 1.165) is 0 Å². The number of aliphatic hydroxyl groups excluding tert-OH is 1. The molecule has 1 aromatic rings. The van der Waals surface area contributed by atoms with Crippen molar-refractivity contribution in [3.8, 4) is 0 Å². The molecule has 0 heterocycles. The first-order chi connectivity index (χ1) is 5.63. The molecule has 2 heteroatoms. The summed E-state index contributed by atoms with van der Waals surface area (Å²) in [7, 11) is 0. The summed E-state index contributed by atoms with van der Waals surface area (Å²) < 4.78 is 0. The highest BCUT2D eigenvalue weighted by atomic mass is 35.5. The van der Waals surface area contributed by atoms with Crippen LogP contribution in [0.3, 0.4) is 0 Å². The highest BCUT2D eigenvalue weighted by Crippen LogP contribution is 2.24. The minimum atomic E-state index is 0.00685. The Labute approximate surface area is 76.6 Å². The molecule has 0 saturated heterocycles. The fourth-order valence-electron chi connectivity index (χ4n) is 0.971. The summed E-state index contributed by atoms with van der Waals surface area (Å²) >= 11 is 5.71. The van der Waals surface area contributed by atoms with Gasteiger partial charge in [0.2, 0.25) is 0 Å². The third-order valence-corrected chi connectivity index (χ3v) is 1.73. The fraction of sp³-hybridized carbons (Fsp3) is 0. The quantitative estimate of drug-likeness (QED) is 0.692. The molecular weight excluding hydrogens is 172 g/mol. The van der Waals surface area contributed by atoms with Gasteiger partial charge in [-0.3, -0.25) is 0 Å². The van der Waals surface area contributed by atoms with Crippen LogP contribution in [0.25, 0.3) is 10.8 Å². The molecule has 0 aliphatic carbocycles. The summed E-state index contributed by atoms with van der Waals surface area (Å²) in [6.45, 7) is 7.01. The van der Waals surface area contributed by atoms with Gasteiger partial charge in [0, 0.05) is 16.2 Å². The maximum atomic E-state index is 9.16. The lowest BCUT2D eigenvalue weighted by atomic mass is 10.1. The molecule has 0 bridgehead atoms. The molecule has 1 N–H and O–H groups in total. The minimum absolute atomic E-state index is 0.00685. The van der Waals surface area contributed by atoms with Crippen LogP contribution in [-0.4, -0.2) is 5.11 Å². The Balaban J connectivity index is 3.27. The van der Waals surface area contributed by atoms with Crippen molar-refractivity contribution in [2.45, 2.75) is 0 Å². The molecule has 0 aliphatic heterocycles. The van der Waals surface area contributed by atoms with Gasteiger partial charge in [0.25, 0.3) is 0 Å². The molecule has 1 rings (SSSR count). The number of hydrogen-bond acceptors (Lipinski definition) is 1. The van der Waals surface area contributed by atoms with Crippen LogP contribution < -0.4 is 0 Å². The van der Waals surface area contributed by atoms with E-state index in [9.17, 15) is 0 Å². The minimum Gasteiger partial charge on any atom is -0.508 e. The molecule has 0 saturated carbocycles. The Morgan fingerprint density at radius 1 is 1.17 bits per heavy atom. The zero-order valence-electron chi connectivity index (χ0n) is 6.55. The Kier molecular flexibility index (Phi) is 2.56. The highest BCUT2D eigenvalue weighted by molar-refractivity contribution is 6.48. The van der Waals surface area contributed by atoms with Gasteiger partial charge < -0.3 is 5.11 Å².